The first kappa shape index (κ1) is 12.4. The van der Waals surface area contributed by atoms with Gasteiger partial charge < -0.3 is 0 Å². The van der Waals surface area contributed by atoms with Crippen LogP contribution in [0.2, 0.25) is 0 Å². The average molecular weight is 182 g/mol. The van der Waals surface area contributed by atoms with Crippen molar-refractivity contribution < 1.29 is 4.79 Å². The second-order valence-corrected chi connectivity index (χ2v) is 3.48. The summed E-state index contributed by atoms with van der Waals surface area (Å²) in [6.45, 7) is 4.16. The molecule has 0 atom stereocenters. The summed E-state index contributed by atoms with van der Waals surface area (Å²) in [6, 6.07) is 0. The van der Waals surface area contributed by atoms with Gasteiger partial charge in [0.05, 0.1) is 0 Å². The number of carbonyl (C=O) groups excluding carboxylic acids is 1. The van der Waals surface area contributed by atoms with E-state index in [1.807, 2.05) is 19.1 Å². The Kier molecular flexibility index (Phi) is 9.07. The van der Waals surface area contributed by atoms with Gasteiger partial charge in [0.25, 0.3) is 0 Å². The van der Waals surface area contributed by atoms with Crippen molar-refractivity contribution in [1.29, 1.82) is 0 Å². The molecule has 0 saturated carbocycles. The van der Waals surface area contributed by atoms with Crippen molar-refractivity contribution >= 4 is 5.78 Å². The van der Waals surface area contributed by atoms with Crippen LogP contribution in [0.4, 0.5) is 0 Å². The Morgan fingerprint density at radius 3 is 2.46 bits per heavy atom. The van der Waals surface area contributed by atoms with Crippen LogP contribution in [0.3, 0.4) is 0 Å². The number of allylic oxidation sites excluding steroid dienone is 2. The molecule has 0 unspecified atom stereocenters. The SMILES string of the molecule is C/C=C/CC(=O)CCCCCCC. The summed E-state index contributed by atoms with van der Waals surface area (Å²) in [5, 5.41) is 0. The summed E-state index contributed by atoms with van der Waals surface area (Å²) in [4.78, 5) is 11.2. The highest BCUT2D eigenvalue weighted by molar-refractivity contribution is 5.79. The third kappa shape index (κ3) is 9.32. The summed E-state index contributed by atoms with van der Waals surface area (Å²) in [5.74, 6) is 0.384. The Labute approximate surface area is 82.2 Å². The summed E-state index contributed by atoms with van der Waals surface area (Å²) < 4.78 is 0. The summed E-state index contributed by atoms with van der Waals surface area (Å²) in [5.41, 5.74) is 0. The Morgan fingerprint density at radius 2 is 1.85 bits per heavy atom. The fourth-order valence-electron chi connectivity index (χ4n) is 1.28. The quantitative estimate of drug-likeness (QED) is 0.411. The molecule has 0 aliphatic rings. The van der Waals surface area contributed by atoms with E-state index in [9.17, 15) is 4.79 Å². The predicted octanol–water partition coefficient (Wildman–Crippen LogP) is 3.88. The van der Waals surface area contributed by atoms with Crippen LogP contribution in [0.25, 0.3) is 0 Å². The van der Waals surface area contributed by atoms with Crippen molar-refractivity contribution in [2.45, 2.75) is 58.8 Å². The van der Waals surface area contributed by atoms with Crippen LogP contribution in [0.15, 0.2) is 12.2 Å². The van der Waals surface area contributed by atoms with E-state index >= 15 is 0 Å². The average Bonchev–Trinajstić information content (AvgIpc) is 2.14. The fraction of sp³-hybridized carbons (Fsp3) is 0.750. The van der Waals surface area contributed by atoms with Crippen LogP contribution in [-0.4, -0.2) is 5.78 Å². The van der Waals surface area contributed by atoms with E-state index < -0.39 is 0 Å². The molecule has 1 nitrogen and oxygen atoms in total. The van der Waals surface area contributed by atoms with Crippen molar-refractivity contribution in [3.05, 3.63) is 12.2 Å². The second kappa shape index (κ2) is 9.50. The van der Waals surface area contributed by atoms with E-state index in [2.05, 4.69) is 6.92 Å². The Morgan fingerprint density at radius 1 is 1.15 bits per heavy atom. The third-order valence-electron chi connectivity index (χ3n) is 2.14. The van der Waals surface area contributed by atoms with Crippen LogP contribution in [0.1, 0.15) is 58.8 Å². The minimum atomic E-state index is 0.384. The van der Waals surface area contributed by atoms with E-state index in [4.69, 9.17) is 0 Å². The number of unbranched alkanes of at least 4 members (excludes halogenated alkanes) is 4. The molecule has 0 radical (unpaired) electrons. The maximum Gasteiger partial charge on any atom is 0.136 e. The van der Waals surface area contributed by atoms with E-state index in [0.717, 1.165) is 12.8 Å². The highest BCUT2D eigenvalue weighted by Gasteiger charge is 1.97. The fourth-order valence-corrected chi connectivity index (χ4v) is 1.28. The molecule has 1 heteroatoms. The summed E-state index contributed by atoms with van der Waals surface area (Å²) >= 11 is 0. The first-order chi connectivity index (χ1) is 6.31. The van der Waals surface area contributed by atoms with Crippen molar-refractivity contribution in [3.63, 3.8) is 0 Å². The van der Waals surface area contributed by atoms with Crippen molar-refractivity contribution in [1.82, 2.24) is 0 Å². The Hall–Kier alpha value is -0.590. The largest absolute Gasteiger partial charge is 0.299 e. The van der Waals surface area contributed by atoms with Gasteiger partial charge in [0, 0.05) is 12.8 Å². The van der Waals surface area contributed by atoms with Gasteiger partial charge in [-0.05, 0) is 13.3 Å². The van der Waals surface area contributed by atoms with Gasteiger partial charge in [-0.1, -0.05) is 44.8 Å². The number of carbonyl (C=O) groups is 1. The number of ketones is 1. The van der Waals surface area contributed by atoms with Gasteiger partial charge in [0.1, 0.15) is 5.78 Å². The molecule has 13 heavy (non-hydrogen) atoms. The normalized spacial score (nSPS) is 10.9. The second-order valence-electron chi connectivity index (χ2n) is 3.48. The minimum absolute atomic E-state index is 0.384. The number of Topliss-reactive ketones (excluding diaryl/α,β-unsaturated/α-hetero) is 1. The molecule has 0 rings (SSSR count). The smallest absolute Gasteiger partial charge is 0.136 e. The molecule has 0 aliphatic heterocycles. The molecule has 0 fully saturated rings. The van der Waals surface area contributed by atoms with Crippen LogP contribution >= 0.6 is 0 Å². The molecule has 0 aliphatic carbocycles. The van der Waals surface area contributed by atoms with Gasteiger partial charge in [-0.2, -0.15) is 0 Å². The molecule has 0 aromatic carbocycles. The summed E-state index contributed by atoms with van der Waals surface area (Å²) in [7, 11) is 0. The molecule has 0 N–H and O–H groups in total. The van der Waals surface area contributed by atoms with Crippen molar-refractivity contribution in [2.24, 2.45) is 0 Å². The highest BCUT2D eigenvalue weighted by atomic mass is 16.1. The minimum Gasteiger partial charge on any atom is -0.299 e. The number of rotatable bonds is 8. The molecule has 0 spiro atoms. The van der Waals surface area contributed by atoms with Gasteiger partial charge >= 0.3 is 0 Å². The Balaban J connectivity index is 3.17. The number of hydrogen-bond donors (Lipinski definition) is 0. The lowest BCUT2D eigenvalue weighted by Gasteiger charge is -1.98. The van der Waals surface area contributed by atoms with Gasteiger partial charge in [0.2, 0.25) is 0 Å². The van der Waals surface area contributed by atoms with Crippen LogP contribution in [0, 0.1) is 0 Å². The molecular formula is C12H22O. The topological polar surface area (TPSA) is 17.1 Å². The van der Waals surface area contributed by atoms with E-state index in [1.165, 1.54) is 25.7 Å². The first-order valence-corrected chi connectivity index (χ1v) is 5.44. The van der Waals surface area contributed by atoms with Gasteiger partial charge in [-0.25, -0.2) is 0 Å². The highest BCUT2D eigenvalue weighted by Crippen LogP contribution is 2.06. The maximum atomic E-state index is 11.2. The van der Waals surface area contributed by atoms with Crippen LogP contribution in [-0.2, 0) is 4.79 Å². The lowest BCUT2D eigenvalue weighted by atomic mass is 10.1. The standard InChI is InChI=1S/C12H22O/c1-3-5-7-8-9-11-12(13)10-6-4-2/h4,6H,3,5,7-11H2,1-2H3/b6-4+. The zero-order valence-corrected chi connectivity index (χ0v) is 9.01. The number of hydrogen-bond acceptors (Lipinski definition) is 1. The molecule has 0 heterocycles. The van der Waals surface area contributed by atoms with E-state index in [1.54, 1.807) is 0 Å². The van der Waals surface area contributed by atoms with Crippen molar-refractivity contribution in [3.8, 4) is 0 Å². The molecule has 0 aromatic heterocycles. The maximum absolute atomic E-state index is 11.2. The molecule has 0 amide bonds. The molecular weight excluding hydrogens is 160 g/mol. The van der Waals surface area contributed by atoms with Crippen LogP contribution < -0.4 is 0 Å². The monoisotopic (exact) mass is 182 g/mol. The molecule has 0 bridgehead atoms. The zero-order valence-electron chi connectivity index (χ0n) is 9.01. The lowest BCUT2D eigenvalue weighted by molar-refractivity contribution is -0.118. The van der Waals surface area contributed by atoms with Gasteiger partial charge in [0.15, 0.2) is 0 Å². The van der Waals surface area contributed by atoms with Crippen LogP contribution in [0.5, 0.6) is 0 Å². The van der Waals surface area contributed by atoms with E-state index in [-0.39, 0.29) is 0 Å². The first-order valence-electron chi connectivity index (χ1n) is 5.44. The summed E-state index contributed by atoms with van der Waals surface area (Å²) in [6.07, 6.45) is 11.4. The van der Waals surface area contributed by atoms with Gasteiger partial charge in [-0.15, -0.1) is 0 Å². The zero-order chi connectivity index (χ0) is 9.94. The van der Waals surface area contributed by atoms with Crippen molar-refractivity contribution in [2.75, 3.05) is 0 Å². The van der Waals surface area contributed by atoms with Gasteiger partial charge in [-0.3, -0.25) is 4.79 Å². The lowest BCUT2D eigenvalue weighted by Crippen LogP contribution is -1.94. The van der Waals surface area contributed by atoms with E-state index in [0.29, 0.717) is 12.2 Å². The molecule has 76 valence electrons. The third-order valence-corrected chi connectivity index (χ3v) is 2.14. The predicted molar refractivity (Wildman–Crippen MR) is 57.8 cm³/mol. The molecule has 0 aromatic rings. The Bertz CT molecular complexity index is 147. The molecule has 0 saturated heterocycles.